The highest BCUT2D eigenvalue weighted by atomic mass is 32.1. The fraction of sp³-hybridized carbons (Fsp3) is 0.500. The number of Topliss-reactive ketones (excluding diaryl/α,β-unsaturated/α-hetero) is 1. The first-order valence-electron chi connectivity index (χ1n) is 4.21. The molecule has 1 heterocycles. The summed E-state index contributed by atoms with van der Waals surface area (Å²) in [6.45, 7) is 3.80. The molecule has 0 N–H and O–H groups in total. The molecular weight excluding hydrogens is 168 g/mol. The first-order chi connectivity index (χ1) is 5.67. The van der Waals surface area contributed by atoms with Crippen LogP contribution in [0.15, 0.2) is 10.8 Å². The Morgan fingerprint density at radius 1 is 1.50 bits per heavy atom. The van der Waals surface area contributed by atoms with Crippen molar-refractivity contribution >= 4 is 17.1 Å². The zero-order valence-electron chi connectivity index (χ0n) is 7.39. The molecule has 0 unspecified atom stereocenters. The Morgan fingerprint density at radius 3 is 2.50 bits per heavy atom. The zero-order valence-corrected chi connectivity index (χ0v) is 8.20. The Hall–Kier alpha value is -0.630. The Morgan fingerprint density at radius 2 is 2.17 bits per heavy atom. The first kappa shape index (κ1) is 7.99. The van der Waals surface area contributed by atoms with Crippen LogP contribution in [0.4, 0.5) is 0 Å². The highest BCUT2D eigenvalue weighted by molar-refractivity contribution is 7.08. The monoisotopic (exact) mass is 180 g/mol. The highest BCUT2D eigenvalue weighted by Gasteiger charge is 2.49. The van der Waals surface area contributed by atoms with E-state index in [1.807, 2.05) is 0 Å². The Kier molecular flexibility index (Phi) is 1.62. The lowest BCUT2D eigenvalue weighted by Crippen LogP contribution is -2.16. The molecule has 0 bridgehead atoms. The number of hydrogen-bond acceptors (Lipinski definition) is 2. The van der Waals surface area contributed by atoms with Gasteiger partial charge in [-0.2, -0.15) is 11.3 Å². The Labute approximate surface area is 76.4 Å². The molecule has 1 saturated carbocycles. The summed E-state index contributed by atoms with van der Waals surface area (Å²) in [6.07, 6.45) is 2.11. The second-order valence-corrected chi connectivity index (χ2v) is 4.35. The van der Waals surface area contributed by atoms with Crippen molar-refractivity contribution in [2.45, 2.75) is 32.1 Å². The second kappa shape index (κ2) is 2.43. The summed E-state index contributed by atoms with van der Waals surface area (Å²) >= 11 is 1.70. The summed E-state index contributed by atoms with van der Waals surface area (Å²) in [5.41, 5.74) is 2.50. The minimum absolute atomic E-state index is 0.0654. The lowest BCUT2D eigenvalue weighted by Gasteiger charge is -2.10. The van der Waals surface area contributed by atoms with Crippen molar-refractivity contribution in [2.24, 2.45) is 0 Å². The van der Waals surface area contributed by atoms with Crippen LogP contribution in [0.25, 0.3) is 0 Å². The van der Waals surface area contributed by atoms with Crippen LogP contribution in [0.1, 0.15) is 30.9 Å². The first-order valence-corrected chi connectivity index (χ1v) is 5.15. The lowest BCUT2D eigenvalue weighted by molar-refractivity contribution is -0.119. The molecule has 12 heavy (non-hydrogen) atoms. The van der Waals surface area contributed by atoms with Gasteiger partial charge in [-0.25, -0.2) is 0 Å². The third-order valence-corrected chi connectivity index (χ3v) is 3.66. The standard InChI is InChI=1S/C10H12OS/c1-7-5-12-6-9(7)10(3-4-10)8(2)11/h5-6H,3-4H2,1-2H3. The molecular formula is C10H12OS. The number of carbonyl (C=O) groups excluding carboxylic acids is 1. The van der Waals surface area contributed by atoms with Gasteiger partial charge in [0.2, 0.25) is 0 Å². The van der Waals surface area contributed by atoms with Crippen molar-refractivity contribution < 1.29 is 4.79 Å². The largest absolute Gasteiger partial charge is 0.299 e. The molecule has 1 nitrogen and oxygen atoms in total. The number of aryl methyl sites for hydroxylation is 1. The molecule has 1 aromatic heterocycles. The van der Waals surface area contributed by atoms with Gasteiger partial charge in [0.1, 0.15) is 5.78 Å². The fourth-order valence-corrected chi connectivity index (χ4v) is 2.73. The highest BCUT2D eigenvalue weighted by Crippen LogP contribution is 2.50. The predicted octanol–water partition coefficient (Wildman–Crippen LogP) is 2.68. The van der Waals surface area contributed by atoms with Gasteiger partial charge in [0.15, 0.2) is 0 Å². The van der Waals surface area contributed by atoms with Crippen molar-refractivity contribution in [3.63, 3.8) is 0 Å². The molecule has 2 heteroatoms. The maximum atomic E-state index is 11.4. The van der Waals surface area contributed by atoms with E-state index in [1.54, 1.807) is 18.3 Å². The molecule has 1 fully saturated rings. The number of hydrogen-bond donors (Lipinski definition) is 0. The summed E-state index contributed by atoms with van der Waals surface area (Å²) < 4.78 is 0. The van der Waals surface area contributed by atoms with E-state index in [9.17, 15) is 4.79 Å². The summed E-state index contributed by atoms with van der Waals surface area (Å²) in [5.74, 6) is 0.337. The molecule has 0 radical (unpaired) electrons. The fourth-order valence-electron chi connectivity index (χ4n) is 1.79. The number of thiophene rings is 1. The predicted molar refractivity (Wildman–Crippen MR) is 50.6 cm³/mol. The number of ketones is 1. The summed E-state index contributed by atoms with van der Waals surface area (Å²) in [7, 11) is 0. The van der Waals surface area contributed by atoms with Gasteiger partial charge in [0.05, 0.1) is 5.41 Å². The van der Waals surface area contributed by atoms with Gasteiger partial charge >= 0.3 is 0 Å². The van der Waals surface area contributed by atoms with E-state index in [0.717, 1.165) is 12.8 Å². The number of carbonyl (C=O) groups is 1. The molecule has 1 aliphatic carbocycles. The maximum Gasteiger partial charge on any atom is 0.140 e. The van der Waals surface area contributed by atoms with E-state index in [0.29, 0.717) is 5.78 Å². The Bertz CT molecular complexity index is 320. The lowest BCUT2D eigenvalue weighted by atomic mass is 9.92. The van der Waals surface area contributed by atoms with E-state index in [1.165, 1.54) is 11.1 Å². The summed E-state index contributed by atoms with van der Waals surface area (Å²) in [4.78, 5) is 11.4. The van der Waals surface area contributed by atoms with Crippen molar-refractivity contribution in [1.82, 2.24) is 0 Å². The molecule has 0 saturated heterocycles. The van der Waals surface area contributed by atoms with Gasteiger partial charge in [-0.15, -0.1) is 0 Å². The minimum Gasteiger partial charge on any atom is -0.299 e. The average Bonchev–Trinajstić information content (AvgIpc) is 2.71. The van der Waals surface area contributed by atoms with E-state index in [4.69, 9.17) is 0 Å². The van der Waals surface area contributed by atoms with Gasteiger partial charge < -0.3 is 0 Å². The van der Waals surface area contributed by atoms with E-state index in [-0.39, 0.29) is 5.41 Å². The van der Waals surface area contributed by atoms with Crippen LogP contribution >= 0.6 is 11.3 Å². The van der Waals surface area contributed by atoms with Crippen molar-refractivity contribution in [2.75, 3.05) is 0 Å². The van der Waals surface area contributed by atoms with E-state index in [2.05, 4.69) is 17.7 Å². The second-order valence-electron chi connectivity index (χ2n) is 3.61. The van der Waals surface area contributed by atoms with Crippen molar-refractivity contribution in [3.8, 4) is 0 Å². The van der Waals surface area contributed by atoms with Gasteiger partial charge in [-0.3, -0.25) is 4.79 Å². The maximum absolute atomic E-state index is 11.4. The third kappa shape index (κ3) is 0.944. The normalized spacial score (nSPS) is 19.2. The van der Waals surface area contributed by atoms with Crippen LogP contribution in [0.3, 0.4) is 0 Å². The minimum atomic E-state index is -0.0654. The average molecular weight is 180 g/mol. The van der Waals surface area contributed by atoms with Gasteiger partial charge in [0.25, 0.3) is 0 Å². The molecule has 0 aromatic carbocycles. The SMILES string of the molecule is CC(=O)C1(c2cscc2C)CC1. The zero-order chi connectivity index (χ0) is 8.77. The van der Waals surface area contributed by atoms with Crippen LogP contribution in [0.2, 0.25) is 0 Å². The van der Waals surface area contributed by atoms with Gasteiger partial charge in [-0.1, -0.05) is 0 Å². The van der Waals surface area contributed by atoms with Crippen LogP contribution in [0, 0.1) is 6.92 Å². The summed E-state index contributed by atoms with van der Waals surface area (Å²) in [5, 5.41) is 4.25. The van der Waals surface area contributed by atoms with Crippen molar-refractivity contribution in [1.29, 1.82) is 0 Å². The Balaban J connectivity index is 2.43. The van der Waals surface area contributed by atoms with Crippen LogP contribution in [0.5, 0.6) is 0 Å². The molecule has 1 aromatic rings. The van der Waals surface area contributed by atoms with Gasteiger partial charge in [0, 0.05) is 0 Å². The molecule has 0 aliphatic heterocycles. The van der Waals surface area contributed by atoms with Crippen LogP contribution in [-0.2, 0) is 10.2 Å². The van der Waals surface area contributed by atoms with Crippen molar-refractivity contribution in [3.05, 3.63) is 21.9 Å². The van der Waals surface area contributed by atoms with Crippen LogP contribution in [-0.4, -0.2) is 5.78 Å². The third-order valence-electron chi connectivity index (χ3n) is 2.80. The molecule has 0 atom stereocenters. The number of rotatable bonds is 2. The molecule has 1 aliphatic rings. The summed E-state index contributed by atoms with van der Waals surface area (Å²) in [6, 6.07) is 0. The topological polar surface area (TPSA) is 17.1 Å². The molecule has 0 spiro atoms. The van der Waals surface area contributed by atoms with E-state index < -0.39 is 0 Å². The van der Waals surface area contributed by atoms with Gasteiger partial charge in [-0.05, 0) is 48.6 Å². The quantitative estimate of drug-likeness (QED) is 0.684. The molecule has 2 rings (SSSR count). The van der Waals surface area contributed by atoms with E-state index >= 15 is 0 Å². The van der Waals surface area contributed by atoms with Crippen LogP contribution < -0.4 is 0 Å². The molecule has 64 valence electrons. The smallest absolute Gasteiger partial charge is 0.140 e. The molecule has 0 amide bonds.